The predicted octanol–water partition coefficient (Wildman–Crippen LogP) is 3.06. The number of benzene rings is 1. The molecule has 0 radical (unpaired) electrons. The van der Waals surface area contributed by atoms with Gasteiger partial charge in [-0.3, -0.25) is 9.59 Å². The van der Waals surface area contributed by atoms with Gasteiger partial charge >= 0.3 is 5.97 Å². The number of aliphatic carboxylic acids is 1. The lowest BCUT2D eigenvalue weighted by molar-refractivity contribution is -0.149. The summed E-state index contributed by atoms with van der Waals surface area (Å²) in [4.78, 5) is 23.7. The molecule has 1 fully saturated rings. The minimum atomic E-state index is -0.849. The molecule has 0 spiro atoms. The molecule has 1 amide bonds. The zero-order chi connectivity index (χ0) is 15.4. The summed E-state index contributed by atoms with van der Waals surface area (Å²) in [6, 6.07) is 7.82. The van der Waals surface area contributed by atoms with E-state index in [1.807, 2.05) is 38.1 Å². The molecule has 1 aromatic rings. The van der Waals surface area contributed by atoms with Crippen molar-refractivity contribution >= 4 is 11.9 Å². The maximum absolute atomic E-state index is 12.4. The van der Waals surface area contributed by atoms with Gasteiger partial charge in [0.15, 0.2) is 0 Å². The van der Waals surface area contributed by atoms with Crippen LogP contribution in [0.3, 0.4) is 0 Å². The van der Waals surface area contributed by atoms with E-state index in [1.54, 1.807) is 0 Å². The molecule has 2 N–H and O–H groups in total. The number of rotatable bonds is 4. The second kappa shape index (κ2) is 6.74. The van der Waals surface area contributed by atoms with Crippen LogP contribution in [0.5, 0.6) is 0 Å². The van der Waals surface area contributed by atoms with E-state index < -0.39 is 17.8 Å². The van der Waals surface area contributed by atoms with Gasteiger partial charge in [0.05, 0.1) is 17.9 Å². The highest BCUT2D eigenvalue weighted by Crippen LogP contribution is 2.31. The molecule has 4 nitrogen and oxygen atoms in total. The van der Waals surface area contributed by atoms with Crippen LogP contribution in [0.25, 0.3) is 0 Å². The fourth-order valence-electron chi connectivity index (χ4n) is 3.21. The van der Waals surface area contributed by atoms with Crippen molar-refractivity contribution in [3.8, 4) is 0 Å². The van der Waals surface area contributed by atoms with Gasteiger partial charge < -0.3 is 10.4 Å². The molecule has 21 heavy (non-hydrogen) atoms. The summed E-state index contributed by atoms with van der Waals surface area (Å²) in [5, 5.41) is 12.3. The van der Waals surface area contributed by atoms with E-state index in [4.69, 9.17) is 0 Å². The topological polar surface area (TPSA) is 66.4 Å². The largest absolute Gasteiger partial charge is 0.481 e. The Morgan fingerprint density at radius 3 is 2.43 bits per heavy atom. The van der Waals surface area contributed by atoms with Gasteiger partial charge in [-0.2, -0.15) is 0 Å². The third kappa shape index (κ3) is 3.63. The van der Waals surface area contributed by atoms with Crippen LogP contribution in [0.15, 0.2) is 24.3 Å². The molecule has 1 saturated carbocycles. The zero-order valence-corrected chi connectivity index (χ0v) is 12.6. The number of aryl methyl sites for hydroxylation is 1. The van der Waals surface area contributed by atoms with E-state index in [0.29, 0.717) is 12.8 Å². The van der Waals surface area contributed by atoms with Crippen LogP contribution in [-0.4, -0.2) is 17.0 Å². The minimum absolute atomic E-state index is 0.102. The lowest BCUT2D eigenvalue weighted by Gasteiger charge is -2.29. The molecule has 1 aliphatic rings. The fraction of sp³-hybridized carbons (Fsp3) is 0.529. The normalized spacial score (nSPS) is 23.3. The van der Waals surface area contributed by atoms with Gasteiger partial charge in [-0.15, -0.1) is 0 Å². The third-order valence-corrected chi connectivity index (χ3v) is 4.43. The standard InChI is InChI=1S/C17H23NO3/c1-11-7-3-4-8-13(11)12(2)18-16(19)14-9-5-6-10-15(14)17(20)21/h3-4,7-8,12,14-15H,5-6,9-10H2,1-2H3,(H,18,19)(H,20,21)/t12-,14?,15?/m1/s1. The van der Waals surface area contributed by atoms with Crippen LogP contribution in [0.1, 0.15) is 49.8 Å². The Morgan fingerprint density at radius 1 is 1.19 bits per heavy atom. The smallest absolute Gasteiger partial charge is 0.307 e. The first-order valence-electron chi connectivity index (χ1n) is 7.59. The number of amides is 1. The zero-order valence-electron chi connectivity index (χ0n) is 12.6. The summed E-state index contributed by atoms with van der Waals surface area (Å²) in [6.45, 7) is 3.96. The van der Waals surface area contributed by atoms with Crippen molar-refractivity contribution in [1.82, 2.24) is 5.32 Å². The van der Waals surface area contributed by atoms with Crippen LogP contribution in [0.4, 0.5) is 0 Å². The van der Waals surface area contributed by atoms with Crippen LogP contribution >= 0.6 is 0 Å². The summed E-state index contributed by atoms with van der Waals surface area (Å²) in [6.07, 6.45) is 3.10. The van der Waals surface area contributed by atoms with Crippen LogP contribution in [0, 0.1) is 18.8 Å². The van der Waals surface area contributed by atoms with Gasteiger partial charge in [0.2, 0.25) is 5.91 Å². The van der Waals surface area contributed by atoms with E-state index in [1.165, 1.54) is 0 Å². The first-order valence-corrected chi connectivity index (χ1v) is 7.59. The van der Waals surface area contributed by atoms with Gasteiger partial charge in [0, 0.05) is 0 Å². The molecular formula is C17H23NO3. The lowest BCUT2D eigenvalue weighted by Crippen LogP contribution is -2.40. The van der Waals surface area contributed by atoms with Crippen LogP contribution in [0.2, 0.25) is 0 Å². The monoisotopic (exact) mass is 289 g/mol. The summed E-state index contributed by atoms with van der Waals surface area (Å²) in [7, 11) is 0. The van der Waals surface area contributed by atoms with Crippen molar-refractivity contribution in [3.05, 3.63) is 35.4 Å². The molecule has 0 aromatic heterocycles. The molecule has 3 atom stereocenters. The Hall–Kier alpha value is -1.84. The number of carboxylic acid groups (broad SMARTS) is 1. The number of carboxylic acids is 1. The van der Waals surface area contributed by atoms with Gasteiger partial charge in [-0.05, 0) is 37.8 Å². The number of nitrogens with one attached hydrogen (secondary N) is 1. The lowest BCUT2D eigenvalue weighted by atomic mass is 9.78. The van der Waals surface area contributed by atoms with Crippen molar-refractivity contribution in [2.24, 2.45) is 11.8 Å². The van der Waals surface area contributed by atoms with Gasteiger partial charge in [0.25, 0.3) is 0 Å². The molecule has 1 aromatic carbocycles. The molecule has 0 aliphatic heterocycles. The van der Waals surface area contributed by atoms with E-state index >= 15 is 0 Å². The molecular weight excluding hydrogens is 266 g/mol. The number of carbonyl (C=O) groups excluding carboxylic acids is 1. The summed E-state index contributed by atoms with van der Waals surface area (Å²) < 4.78 is 0. The van der Waals surface area contributed by atoms with Crippen LogP contribution < -0.4 is 5.32 Å². The molecule has 2 rings (SSSR count). The molecule has 0 bridgehead atoms. The van der Waals surface area contributed by atoms with E-state index in [0.717, 1.165) is 24.0 Å². The number of carbonyl (C=O) groups is 2. The van der Waals surface area contributed by atoms with Crippen molar-refractivity contribution < 1.29 is 14.7 Å². The SMILES string of the molecule is Cc1ccccc1[C@@H](C)NC(=O)C1CCCCC1C(=O)O. The highest BCUT2D eigenvalue weighted by atomic mass is 16.4. The maximum Gasteiger partial charge on any atom is 0.307 e. The quantitative estimate of drug-likeness (QED) is 0.895. The first kappa shape index (κ1) is 15.5. The number of hydrogen-bond donors (Lipinski definition) is 2. The molecule has 0 saturated heterocycles. The Kier molecular flexibility index (Phi) is 4.99. The second-order valence-corrected chi connectivity index (χ2v) is 5.92. The highest BCUT2D eigenvalue weighted by molar-refractivity contribution is 5.85. The number of hydrogen-bond acceptors (Lipinski definition) is 2. The molecule has 114 valence electrons. The highest BCUT2D eigenvalue weighted by Gasteiger charge is 2.36. The van der Waals surface area contributed by atoms with Crippen molar-refractivity contribution in [2.45, 2.75) is 45.6 Å². The van der Waals surface area contributed by atoms with E-state index in [2.05, 4.69) is 5.32 Å². The molecule has 2 unspecified atom stereocenters. The summed E-state index contributed by atoms with van der Waals surface area (Å²) >= 11 is 0. The average Bonchev–Trinajstić information content (AvgIpc) is 2.47. The average molecular weight is 289 g/mol. The van der Waals surface area contributed by atoms with E-state index in [-0.39, 0.29) is 11.9 Å². The first-order chi connectivity index (χ1) is 10.0. The van der Waals surface area contributed by atoms with Crippen molar-refractivity contribution in [1.29, 1.82) is 0 Å². The van der Waals surface area contributed by atoms with Gasteiger partial charge in [-0.1, -0.05) is 37.1 Å². The second-order valence-electron chi connectivity index (χ2n) is 5.92. The Morgan fingerprint density at radius 2 is 1.81 bits per heavy atom. The maximum atomic E-state index is 12.4. The Balaban J connectivity index is 2.06. The molecule has 4 heteroatoms. The van der Waals surface area contributed by atoms with Gasteiger partial charge in [0.1, 0.15) is 0 Å². The predicted molar refractivity (Wildman–Crippen MR) is 80.8 cm³/mol. The summed E-state index contributed by atoms with van der Waals surface area (Å²) in [5.74, 6) is -1.92. The fourth-order valence-corrected chi connectivity index (χ4v) is 3.21. The van der Waals surface area contributed by atoms with Crippen molar-refractivity contribution in [2.75, 3.05) is 0 Å². The Labute approximate surface area is 125 Å². The van der Waals surface area contributed by atoms with Crippen LogP contribution in [-0.2, 0) is 9.59 Å². The van der Waals surface area contributed by atoms with Gasteiger partial charge in [-0.25, -0.2) is 0 Å². The third-order valence-electron chi connectivity index (χ3n) is 4.43. The Bertz CT molecular complexity index is 527. The van der Waals surface area contributed by atoms with E-state index in [9.17, 15) is 14.7 Å². The van der Waals surface area contributed by atoms with Crippen molar-refractivity contribution in [3.63, 3.8) is 0 Å². The minimum Gasteiger partial charge on any atom is -0.481 e. The summed E-state index contributed by atoms with van der Waals surface area (Å²) in [5.41, 5.74) is 2.21. The molecule has 0 heterocycles. The molecule has 1 aliphatic carbocycles.